The van der Waals surface area contributed by atoms with E-state index in [1.54, 1.807) is 6.07 Å². The van der Waals surface area contributed by atoms with Gasteiger partial charge in [0.05, 0.1) is 0 Å². The van der Waals surface area contributed by atoms with Crippen LogP contribution in [0.2, 0.25) is 0 Å². The van der Waals surface area contributed by atoms with Crippen LogP contribution in [0.15, 0.2) is 18.2 Å². The predicted octanol–water partition coefficient (Wildman–Crippen LogP) is 3.25. The number of hydrogen-bond acceptors (Lipinski definition) is 2. The highest BCUT2D eigenvalue weighted by Crippen LogP contribution is 2.39. The summed E-state index contributed by atoms with van der Waals surface area (Å²) in [4.78, 5) is 2.49. The van der Waals surface area contributed by atoms with Crippen molar-refractivity contribution in [3.05, 3.63) is 35.1 Å². The van der Waals surface area contributed by atoms with Crippen molar-refractivity contribution < 1.29 is 4.39 Å². The summed E-state index contributed by atoms with van der Waals surface area (Å²) < 4.78 is 13.7. The van der Waals surface area contributed by atoms with Gasteiger partial charge in [0.2, 0.25) is 0 Å². The van der Waals surface area contributed by atoms with E-state index in [1.165, 1.54) is 19.3 Å². The first kappa shape index (κ1) is 14.0. The maximum absolute atomic E-state index is 13.7. The molecule has 2 aliphatic rings. The molecule has 2 fully saturated rings. The summed E-state index contributed by atoms with van der Waals surface area (Å²) in [6, 6.07) is 6.28. The van der Waals surface area contributed by atoms with Crippen LogP contribution in [0.3, 0.4) is 0 Å². The Balaban J connectivity index is 1.74. The van der Waals surface area contributed by atoms with Crippen LogP contribution in [0, 0.1) is 24.6 Å². The maximum Gasteiger partial charge on any atom is 0.126 e. The topological polar surface area (TPSA) is 29.3 Å². The lowest BCUT2D eigenvalue weighted by molar-refractivity contribution is 0.244. The number of hydrogen-bond donors (Lipinski definition) is 1. The van der Waals surface area contributed by atoms with Gasteiger partial charge in [0, 0.05) is 25.2 Å². The fourth-order valence-electron chi connectivity index (χ4n) is 3.95. The largest absolute Gasteiger partial charge is 0.327 e. The first-order valence-corrected chi connectivity index (χ1v) is 7.82. The van der Waals surface area contributed by atoms with Gasteiger partial charge in [0.1, 0.15) is 5.82 Å². The minimum absolute atomic E-state index is 0.0948. The van der Waals surface area contributed by atoms with Crippen molar-refractivity contribution in [2.45, 2.75) is 45.2 Å². The lowest BCUT2D eigenvalue weighted by Crippen LogP contribution is -2.38. The normalized spacial score (nSPS) is 32.1. The predicted molar refractivity (Wildman–Crippen MR) is 79.9 cm³/mol. The number of halogens is 1. The lowest BCUT2D eigenvalue weighted by atomic mass is 9.78. The van der Waals surface area contributed by atoms with E-state index in [0.717, 1.165) is 30.1 Å². The number of rotatable bonds is 2. The van der Waals surface area contributed by atoms with Gasteiger partial charge in [-0.2, -0.15) is 0 Å². The van der Waals surface area contributed by atoms with Gasteiger partial charge >= 0.3 is 0 Å². The molecule has 20 heavy (non-hydrogen) atoms. The molecule has 1 aliphatic heterocycles. The monoisotopic (exact) mass is 276 g/mol. The SMILES string of the molecule is Cc1ccc(C(C)N2CC3CCCC(N)C3C2)cc1F. The molecule has 0 radical (unpaired) electrons. The molecule has 3 rings (SSSR count). The molecule has 0 amide bonds. The summed E-state index contributed by atoms with van der Waals surface area (Å²) in [7, 11) is 0. The third-order valence-electron chi connectivity index (χ3n) is 5.41. The van der Waals surface area contributed by atoms with Gasteiger partial charge < -0.3 is 5.73 Å². The number of likely N-dealkylation sites (tertiary alicyclic amines) is 1. The van der Waals surface area contributed by atoms with E-state index in [-0.39, 0.29) is 11.9 Å². The zero-order chi connectivity index (χ0) is 14.3. The molecule has 4 atom stereocenters. The van der Waals surface area contributed by atoms with Gasteiger partial charge in [-0.25, -0.2) is 4.39 Å². The highest BCUT2D eigenvalue weighted by atomic mass is 19.1. The van der Waals surface area contributed by atoms with Gasteiger partial charge in [-0.3, -0.25) is 4.90 Å². The molecule has 1 saturated heterocycles. The van der Waals surface area contributed by atoms with E-state index in [2.05, 4.69) is 17.9 Å². The molecule has 4 unspecified atom stereocenters. The van der Waals surface area contributed by atoms with Crippen LogP contribution in [0.25, 0.3) is 0 Å². The number of benzene rings is 1. The number of nitrogens with zero attached hydrogens (tertiary/aromatic N) is 1. The van der Waals surface area contributed by atoms with Crippen LogP contribution in [0.5, 0.6) is 0 Å². The second kappa shape index (κ2) is 5.45. The zero-order valence-electron chi connectivity index (χ0n) is 12.5. The van der Waals surface area contributed by atoms with Crippen molar-refractivity contribution in [3.63, 3.8) is 0 Å². The Morgan fingerprint density at radius 3 is 2.80 bits per heavy atom. The molecule has 1 heterocycles. The van der Waals surface area contributed by atoms with E-state index in [4.69, 9.17) is 5.73 Å². The molecular weight excluding hydrogens is 251 g/mol. The smallest absolute Gasteiger partial charge is 0.126 e. The minimum atomic E-state index is -0.0948. The van der Waals surface area contributed by atoms with Gasteiger partial charge in [-0.15, -0.1) is 0 Å². The molecule has 1 aliphatic carbocycles. The summed E-state index contributed by atoms with van der Waals surface area (Å²) in [6.07, 6.45) is 3.75. The van der Waals surface area contributed by atoms with Crippen LogP contribution >= 0.6 is 0 Å². The van der Waals surface area contributed by atoms with Gasteiger partial charge in [0.25, 0.3) is 0 Å². The van der Waals surface area contributed by atoms with Gasteiger partial charge in [-0.05, 0) is 55.7 Å². The van der Waals surface area contributed by atoms with Crippen molar-refractivity contribution in [1.82, 2.24) is 4.90 Å². The Labute approximate surface area is 121 Å². The summed E-state index contributed by atoms with van der Waals surface area (Å²) >= 11 is 0. The Morgan fingerprint density at radius 2 is 2.10 bits per heavy atom. The molecule has 0 aromatic heterocycles. The van der Waals surface area contributed by atoms with Crippen LogP contribution in [0.4, 0.5) is 4.39 Å². The average molecular weight is 276 g/mol. The lowest BCUT2D eigenvalue weighted by Gasteiger charge is -2.30. The second-order valence-electron chi connectivity index (χ2n) is 6.66. The summed E-state index contributed by atoms with van der Waals surface area (Å²) in [6.45, 7) is 6.19. The Morgan fingerprint density at radius 1 is 1.30 bits per heavy atom. The quantitative estimate of drug-likeness (QED) is 0.898. The van der Waals surface area contributed by atoms with Gasteiger partial charge in [0.15, 0.2) is 0 Å². The molecule has 0 bridgehead atoms. The average Bonchev–Trinajstić information content (AvgIpc) is 2.86. The first-order chi connectivity index (χ1) is 9.56. The number of aryl methyl sites for hydroxylation is 1. The standard InChI is InChI=1S/C17H25FN2/c1-11-6-7-13(8-16(11)18)12(2)20-9-14-4-3-5-17(19)15(14)10-20/h6-8,12,14-15,17H,3-5,9-10,19H2,1-2H3. The Bertz CT molecular complexity index is 488. The summed E-state index contributed by atoms with van der Waals surface area (Å²) in [5.74, 6) is 1.29. The van der Waals surface area contributed by atoms with Crippen molar-refractivity contribution in [1.29, 1.82) is 0 Å². The van der Waals surface area contributed by atoms with E-state index >= 15 is 0 Å². The molecule has 2 N–H and O–H groups in total. The molecule has 1 saturated carbocycles. The van der Waals surface area contributed by atoms with E-state index < -0.39 is 0 Å². The molecule has 1 aromatic rings. The molecule has 1 aromatic carbocycles. The highest BCUT2D eigenvalue weighted by Gasteiger charge is 2.40. The first-order valence-electron chi connectivity index (χ1n) is 7.82. The third-order valence-corrected chi connectivity index (χ3v) is 5.41. The molecule has 110 valence electrons. The number of fused-ring (bicyclic) bond motifs is 1. The fourth-order valence-corrected chi connectivity index (χ4v) is 3.95. The number of nitrogens with two attached hydrogens (primary N) is 1. The van der Waals surface area contributed by atoms with Crippen LogP contribution < -0.4 is 5.73 Å². The zero-order valence-corrected chi connectivity index (χ0v) is 12.5. The van der Waals surface area contributed by atoms with Crippen LogP contribution in [0.1, 0.15) is 43.4 Å². The third kappa shape index (κ3) is 2.49. The Kier molecular flexibility index (Phi) is 3.83. The molecule has 2 nitrogen and oxygen atoms in total. The van der Waals surface area contributed by atoms with Crippen molar-refractivity contribution in [3.8, 4) is 0 Å². The van der Waals surface area contributed by atoms with E-state index in [1.807, 2.05) is 13.0 Å². The van der Waals surface area contributed by atoms with Crippen LogP contribution in [-0.2, 0) is 0 Å². The van der Waals surface area contributed by atoms with Crippen LogP contribution in [-0.4, -0.2) is 24.0 Å². The van der Waals surface area contributed by atoms with E-state index in [9.17, 15) is 4.39 Å². The molecular formula is C17H25FN2. The summed E-state index contributed by atoms with van der Waals surface area (Å²) in [5.41, 5.74) is 8.08. The van der Waals surface area contributed by atoms with Crippen molar-refractivity contribution >= 4 is 0 Å². The minimum Gasteiger partial charge on any atom is -0.327 e. The second-order valence-corrected chi connectivity index (χ2v) is 6.66. The van der Waals surface area contributed by atoms with Crippen molar-refractivity contribution in [2.75, 3.05) is 13.1 Å². The summed E-state index contributed by atoms with van der Waals surface area (Å²) in [5, 5.41) is 0. The maximum atomic E-state index is 13.7. The fraction of sp³-hybridized carbons (Fsp3) is 0.647. The molecule has 3 heteroatoms. The van der Waals surface area contributed by atoms with E-state index in [0.29, 0.717) is 12.0 Å². The Hall–Kier alpha value is -0.930. The highest BCUT2D eigenvalue weighted by molar-refractivity contribution is 5.25. The molecule has 0 spiro atoms. The van der Waals surface area contributed by atoms with Gasteiger partial charge in [-0.1, -0.05) is 18.6 Å². The van der Waals surface area contributed by atoms with Crippen molar-refractivity contribution in [2.24, 2.45) is 17.6 Å².